The molecule has 3 aromatic heterocycles. The van der Waals surface area contributed by atoms with Crippen molar-refractivity contribution >= 4 is 17.7 Å². The average molecular weight is 418 g/mol. The topological polar surface area (TPSA) is 88.8 Å². The monoisotopic (exact) mass is 417 g/mol. The molecule has 0 spiro atoms. The number of aromatic nitrogens is 5. The lowest BCUT2D eigenvalue weighted by Gasteiger charge is -2.27. The molecular weight excluding hydrogens is 390 g/mol. The number of hydrogen-bond acceptors (Lipinski definition) is 6. The fourth-order valence-corrected chi connectivity index (χ4v) is 4.29. The molecule has 3 aromatic rings. The zero-order chi connectivity index (χ0) is 21.6. The lowest BCUT2D eigenvalue weighted by Crippen LogP contribution is -2.37. The van der Waals surface area contributed by atoms with E-state index in [4.69, 9.17) is 4.98 Å². The summed E-state index contributed by atoms with van der Waals surface area (Å²) in [5, 5.41) is 3.49. The Labute approximate surface area is 181 Å². The normalized spacial score (nSPS) is 19.8. The Kier molecular flexibility index (Phi) is 4.72. The number of aryl methyl sites for hydroxylation is 1. The summed E-state index contributed by atoms with van der Waals surface area (Å²) in [4.78, 5) is 32.5. The van der Waals surface area contributed by atoms with E-state index >= 15 is 0 Å². The Bertz CT molecular complexity index is 1100. The van der Waals surface area contributed by atoms with Gasteiger partial charge in [0.15, 0.2) is 0 Å². The Morgan fingerprint density at radius 2 is 2.00 bits per heavy atom. The second kappa shape index (κ2) is 7.44. The van der Waals surface area contributed by atoms with Crippen molar-refractivity contribution < 1.29 is 4.79 Å². The van der Waals surface area contributed by atoms with E-state index in [9.17, 15) is 4.79 Å². The number of nitrogens with zero attached hydrogens (tertiary/aromatic N) is 6. The number of anilines is 2. The van der Waals surface area contributed by atoms with Crippen LogP contribution in [0.2, 0.25) is 0 Å². The van der Waals surface area contributed by atoms with Gasteiger partial charge in [-0.25, -0.2) is 9.97 Å². The Morgan fingerprint density at radius 1 is 1.16 bits per heavy atom. The molecule has 2 aliphatic rings. The summed E-state index contributed by atoms with van der Waals surface area (Å²) in [6.07, 6.45) is 10.8. The van der Waals surface area contributed by atoms with Gasteiger partial charge in [0, 0.05) is 30.6 Å². The van der Waals surface area contributed by atoms with Crippen LogP contribution in [-0.2, 0) is 10.3 Å². The Hall–Kier alpha value is -3.29. The van der Waals surface area contributed by atoms with Crippen LogP contribution in [0.15, 0.2) is 43.1 Å². The first-order valence-electron chi connectivity index (χ1n) is 10.9. The molecule has 2 fully saturated rings. The largest absolute Gasteiger partial charge is 0.343 e. The van der Waals surface area contributed by atoms with Crippen LogP contribution in [0.25, 0.3) is 5.69 Å². The van der Waals surface area contributed by atoms with Gasteiger partial charge in [-0.05, 0) is 50.3 Å². The highest BCUT2D eigenvalue weighted by Gasteiger charge is 2.47. The van der Waals surface area contributed by atoms with Crippen molar-refractivity contribution in [3.8, 4) is 5.69 Å². The van der Waals surface area contributed by atoms with Gasteiger partial charge in [-0.2, -0.15) is 4.98 Å². The van der Waals surface area contributed by atoms with Crippen LogP contribution in [0.1, 0.15) is 50.9 Å². The zero-order valence-corrected chi connectivity index (χ0v) is 18.1. The van der Waals surface area contributed by atoms with Crippen LogP contribution >= 0.6 is 0 Å². The SMILES string of the molecule is Cc1ccc(-n2cnc(C3(Nc4nccc(N5C(=O)CC[C@@H]5C(C)C)n4)CC3)c2)cn1. The third-order valence-electron chi connectivity index (χ3n) is 6.28. The number of amides is 1. The summed E-state index contributed by atoms with van der Waals surface area (Å²) in [5.74, 6) is 1.72. The number of carbonyl (C=O) groups excluding carboxylic acids is 1. The van der Waals surface area contributed by atoms with Gasteiger partial charge in [-0.3, -0.25) is 14.7 Å². The molecular formula is C23H27N7O. The molecule has 8 heteroatoms. The minimum absolute atomic E-state index is 0.134. The first kappa shape index (κ1) is 19.7. The van der Waals surface area contributed by atoms with Crippen molar-refractivity contribution in [1.29, 1.82) is 0 Å². The number of nitrogens with one attached hydrogen (secondary N) is 1. The average Bonchev–Trinajstić information content (AvgIpc) is 3.18. The van der Waals surface area contributed by atoms with Crippen molar-refractivity contribution in [2.45, 2.75) is 58.0 Å². The number of rotatable bonds is 6. The molecule has 0 aromatic carbocycles. The zero-order valence-electron chi connectivity index (χ0n) is 18.1. The molecule has 0 unspecified atom stereocenters. The molecule has 1 saturated heterocycles. The molecule has 5 rings (SSSR count). The van der Waals surface area contributed by atoms with E-state index in [0.29, 0.717) is 24.1 Å². The molecule has 0 radical (unpaired) electrons. The predicted octanol–water partition coefficient (Wildman–Crippen LogP) is 3.62. The molecule has 1 amide bonds. The minimum atomic E-state index is -0.269. The predicted molar refractivity (Wildman–Crippen MR) is 118 cm³/mol. The third-order valence-corrected chi connectivity index (χ3v) is 6.28. The maximum absolute atomic E-state index is 12.5. The quantitative estimate of drug-likeness (QED) is 0.659. The number of pyridine rings is 1. The summed E-state index contributed by atoms with van der Waals surface area (Å²) in [7, 11) is 0. The van der Waals surface area contributed by atoms with Crippen LogP contribution < -0.4 is 10.2 Å². The summed E-state index contributed by atoms with van der Waals surface area (Å²) < 4.78 is 1.98. The lowest BCUT2D eigenvalue weighted by molar-refractivity contribution is -0.117. The van der Waals surface area contributed by atoms with Gasteiger partial charge in [0.25, 0.3) is 0 Å². The van der Waals surface area contributed by atoms with Crippen LogP contribution in [0, 0.1) is 12.8 Å². The minimum Gasteiger partial charge on any atom is -0.343 e. The van der Waals surface area contributed by atoms with Crippen molar-refractivity contribution in [2.24, 2.45) is 5.92 Å². The van der Waals surface area contributed by atoms with E-state index in [-0.39, 0.29) is 17.5 Å². The molecule has 1 aliphatic carbocycles. The van der Waals surface area contributed by atoms with Crippen molar-refractivity contribution in [3.63, 3.8) is 0 Å². The summed E-state index contributed by atoms with van der Waals surface area (Å²) in [6, 6.07) is 6.03. The Balaban J connectivity index is 1.38. The lowest BCUT2D eigenvalue weighted by atomic mass is 10.0. The van der Waals surface area contributed by atoms with E-state index in [0.717, 1.165) is 36.3 Å². The fraction of sp³-hybridized carbons (Fsp3) is 0.435. The maximum atomic E-state index is 12.5. The molecule has 1 aliphatic heterocycles. The van der Waals surface area contributed by atoms with Gasteiger partial charge < -0.3 is 9.88 Å². The van der Waals surface area contributed by atoms with E-state index in [2.05, 4.69) is 34.1 Å². The van der Waals surface area contributed by atoms with E-state index in [1.165, 1.54) is 0 Å². The number of imidazole rings is 1. The highest BCUT2D eigenvalue weighted by Crippen LogP contribution is 2.47. The van der Waals surface area contributed by atoms with Crippen molar-refractivity contribution in [3.05, 3.63) is 54.5 Å². The summed E-state index contributed by atoms with van der Waals surface area (Å²) in [6.45, 7) is 6.27. The number of hydrogen-bond donors (Lipinski definition) is 1. The summed E-state index contributed by atoms with van der Waals surface area (Å²) >= 11 is 0. The van der Waals surface area contributed by atoms with Gasteiger partial charge in [-0.15, -0.1) is 0 Å². The third kappa shape index (κ3) is 3.66. The van der Waals surface area contributed by atoms with Gasteiger partial charge in [0.2, 0.25) is 11.9 Å². The maximum Gasteiger partial charge on any atom is 0.228 e. The van der Waals surface area contributed by atoms with Crippen LogP contribution in [0.3, 0.4) is 0 Å². The molecule has 1 atom stereocenters. The smallest absolute Gasteiger partial charge is 0.228 e. The Morgan fingerprint density at radius 3 is 2.71 bits per heavy atom. The second-order valence-electron chi connectivity index (χ2n) is 8.88. The van der Waals surface area contributed by atoms with E-state index in [1.54, 1.807) is 6.20 Å². The first-order valence-corrected chi connectivity index (χ1v) is 10.9. The molecule has 4 heterocycles. The standard InChI is InChI=1S/C23H27N7O/c1-15(2)18-6-7-21(31)30(18)20-8-11-24-22(27-20)28-23(9-10-23)19-13-29(14-26-19)17-5-4-16(3)25-12-17/h4-5,8,11-15,18H,6-7,9-10H2,1-3H3,(H,24,27,28)/t18-/m1/s1. The first-order chi connectivity index (χ1) is 14.9. The van der Waals surface area contributed by atoms with Gasteiger partial charge in [0.05, 0.1) is 29.4 Å². The second-order valence-corrected chi connectivity index (χ2v) is 8.88. The van der Waals surface area contributed by atoms with Crippen LogP contribution in [0.5, 0.6) is 0 Å². The van der Waals surface area contributed by atoms with Gasteiger partial charge >= 0.3 is 0 Å². The summed E-state index contributed by atoms with van der Waals surface area (Å²) in [5.41, 5.74) is 2.65. The van der Waals surface area contributed by atoms with E-state index in [1.807, 2.05) is 53.3 Å². The van der Waals surface area contributed by atoms with Crippen LogP contribution in [-0.4, -0.2) is 36.5 Å². The molecule has 1 N–H and O–H groups in total. The van der Waals surface area contributed by atoms with Crippen molar-refractivity contribution in [2.75, 3.05) is 10.2 Å². The van der Waals surface area contributed by atoms with Gasteiger partial charge in [-0.1, -0.05) is 13.8 Å². The molecule has 160 valence electrons. The highest BCUT2D eigenvalue weighted by molar-refractivity contribution is 5.95. The molecule has 8 nitrogen and oxygen atoms in total. The van der Waals surface area contributed by atoms with E-state index < -0.39 is 0 Å². The molecule has 31 heavy (non-hydrogen) atoms. The molecule has 1 saturated carbocycles. The van der Waals surface area contributed by atoms with Crippen LogP contribution in [0.4, 0.5) is 11.8 Å². The number of carbonyl (C=O) groups is 1. The van der Waals surface area contributed by atoms with Gasteiger partial charge in [0.1, 0.15) is 5.82 Å². The fourth-order valence-electron chi connectivity index (χ4n) is 4.29. The molecule has 0 bridgehead atoms. The van der Waals surface area contributed by atoms with Crippen molar-refractivity contribution in [1.82, 2.24) is 24.5 Å². The highest BCUT2D eigenvalue weighted by atomic mass is 16.2.